The molecular formula is C9H11BrN2O3. The smallest absolute Gasteiger partial charge is 0.252 e. The van der Waals surface area contributed by atoms with Gasteiger partial charge in [0.25, 0.3) is 5.91 Å². The molecule has 1 heterocycles. The van der Waals surface area contributed by atoms with Gasteiger partial charge in [-0.05, 0) is 28.9 Å². The van der Waals surface area contributed by atoms with Gasteiger partial charge >= 0.3 is 0 Å². The molecule has 0 aliphatic rings. The van der Waals surface area contributed by atoms with Gasteiger partial charge in [-0.3, -0.25) is 4.79 Å². The SMILES string of the molecule is COc1cc(NC(=O)[C@@H](C)O)cc(Br)n1. The topological polar surface area (TPSA) is 71.5 Å². The number of ether oxygens (including phenoxy) is 1. The van der Waals surface area contributed by atoms with E-state index in [2.05, 4.69) is 26.2 Å². The molecule has 15 heavy (non-hydrogen) atoms. The molecule has 5 nitrogen and oxygen atoms in total. The maximum Gasteiger partial charge on any atom is 0.252 e. The van der Waals surface area contributed by atoms with Gasteiger partial charge in [-0.25, -0.2) is 4.98 Å². The van der Waals surface area contributed by atoms with Crippen molar-refractivity contribution in [2.24, 2.45) is 0 Å². The third-order valence-corrected chi connectivity index (χ3v) is 2.03. The number of hydrogen-bond donors (Lipinski definition) is 2. The van der Waals surface area contributed by atoms with Gasteiger partial charge in [-0.15, -0.1) is 0 Å². The van der Waals surface area contributed by atoms with Crippen LogP contribution >= 0.6 is 15.9 Å². The molecule has 1 rings (SSSR count). The van der Waals surface area contributed by atoms with Crippen molar-refractivity contribution in [3.63, 3.8) is 0 Å². The van der Waals surface area contributed by atoms with Gasteiger partial charge in [-0.1, -0.05) is 0 Å². The summed E-state index contributed by atoms with van der Waals surface area (Å²) in [6.07, 6.45) is -1.05. The normalized spacial score (nSPS) is 12.0. The molecule has 1 atom stereocenters. The molecule has 0 aliphatic heterocycles. The maximum atomic E-state index is 11.2. The molecule has 0 aromatic carbocycles. The zero-order valence-corrected chi connectivity index (χ0v) is 9.91. The van der Waals surface area contributed by atoms with Crippen molar-refractivity contribution in [1.29, 1.82) is 0 Å². The van der Waals surface area contributed by atoms with Crippen LogP contribution in [0.4, 0.5) is 5.69 Å². The van der Waals surface area contributed by atoms with Gasteiger partial charge in [0.05, 0.1) is 7.11 Å². The summed E-state index contributed by atoms with van der Waals surface area (Å²) >= 11 is 3.18. The van der Waals surface area contributed by atoms with E-state index in [9.17, 15) is 4.79 Å². The second kappa shape index (κ2) is 5.09. The lowest BCUT2D eigenvalue weighted by molar-refractivity contribution is -0.123. The van der Waals surface area contributed by atoms with E-state index >= 15 is 0 Å². The molecule has 82 valence electrons. The van der Waals surface area contributed by atoms with Crippen LogP contribution in [-0.4, -0.2) is 29.2 Å². The van der Waals surface area contributed by atoms with E-state index in [0.717, 1.165) is 0 Å². The van der Waals surface area contributed by atoms with Crippen LogP contribution in [0.5, 0.6) is 5.88 Å². The molecular weight excluding hydrogens is 264 g/mol. The Kier molecular flexibility index (Phi) is 4.05. The molecule has 0 aliphatic carbocycles. The number of nitrogens with one attached hydrogen (secondary N) is 1. The van der Waals surface area contributed by atoms with Crippen LogP contribution in [0.1, 0.15) is 6.92 Å². The van der Waals surface area contributed by atoms with E-state index in [1.165, 1.54) is 14.0 Å². The number of pyridine rings is 1. The number of carbonyl (C=O) groups excluding carboxylic acids is 1. The van der Waals surface area contributed by atoms with E-state index < -0.39 is 12.0 Å². The van der Waals surface area contributed by atoms with Crippen molar-refractivity contribution in [2.45, 2.75) is 13.0 Å². The number of aliphatic hydroxyl groups is 1. The predicted molar refractivity (Wildman–Crippen MR) is 58.8 cm³/mol. The van der Waals surface area contributed by atoms with Crippen molar-refractivity contribution < 1.29 is 14.6 Å². The Morgan fingerprint density at radius 2 is 2.33 bits per heavy atom. The van der Waals surface area contributed by atoms with Gasteiger partial charge in [0.15, 0.2) is 0 Å². The summed E-state index contributed by atoms with van der Waals surface area (Å²) in [7, 11) is 1.48. The Hall–Kier alpha value is -1.14. The average molecular weight is 275 g/mol. The van der Waals surface area contributed by atoms with Crippen molar-refractivity contribution in [3.05, 3.63) is 16.7 Å². The van der Waals surface area contributed by atoms with Crippen LogP contribution in [0.15, 0.2) is 16.7 Å². The first-order chi connectivity index (χ1) is 7.02. The number of rotatable bonds is 3. The van der Waals surface area contributed by atoms with E-state index in [1.807, 2.05) is 0 Å². The van der Waals surface area contributed by atoms with Crippen LogP contribution < -0.4 is 10.1 Å². The fourth-order valence-corrected chi connectivity index (χ4v) is 1.32. The highest BCUT2D eigenvalue weighted by atomic mass is 79.9. The lowest BCUT2D eigenvalue weighted by Crippen LogP contribution is -2.24. The monoisotopic (exact) mass is 274 g/mol. The van der Waals surface area contributed by atoms with E-state index in [-0.39, 0.29) is 0 Å². The summed E-state index contributed by atoms with van der Waals surface area (Å²) < 4.78 is 5.47. The summed E-state index contributed by atoms with van der Waals surface area (Å²) in [5.41, 5.74) is 0.514. The lowest BCUT2D eigenvalue weighted by Gasteiger charge is -2.08. The fraction of sp³-hybridized carbons (Fsp3) is 0.333. The molecule has 6 heteroatoms. The van der Waals surface area contributed by atoms with Crippen molar-refractivity contribution in [1.82, 2.24) is 4.98 Å². The number of halogens is 1. The zero-order chi connectivity index (χ0) is 11.4. The van der Waals surface area contributed by atoms with Crippen molar-refractivity contribution in [2.75, 3.05) is 12.4 Å². The zero-order valence-electron chi connectivity index (χ0n) is 8.32. The molecule has 0 unspecified atom stereocenters. The Morgan fingerprint density at radius 3 is 2.87 bits per heavy atom. The van der Waals surface area contributed by atoms with Crippen LogP contribution in [-0.2, 0) is 4.79 Å². The molecule has 1 amide bonds. The van der Waals surface area contributed by atoms with Gasteiger partial charge in [0.1, 0.15) is 10.7 Å². The van der Waals surface area contributed by atoms with Crippen LogP contribution in [0, 0.1) is 0 Å². The Morgan fingerprint density at radius 1 is 1.67 bits per heavy atom. The fourth-order valence-electron chi connectivity index (χ4n) is 0.896. The van der Waals surface area contributed by atoms with E-state index in [4.69, 9.17) is 9.84 Å². The summed E-state index contributed by atoms with van der Waals surface area (Å²) in [6.45, 7) is 1.39. The highest BCUT2D eigenvalue weighted by molar-refractivity contribution is 9.10. The predicted octanol–water partition coefficient (Wildman–Crippen LogP) is 1.17. The molecule has 0 fully saturated rings. The van der Waals surface area contributed by atoms with Gasteiger partial charge in [0.2, 0.25) is 5.88 Å². The Labute approximate surface area is 95.6 Å². The number of anilines is 1. The van der Waals surface area contributed by atoms with Crippen LogP contribution in [0.3, 0.4) is 0 Å². The molecule has 1 aromatic rings. The molecule has 2 N–H and O–H groups in total. The highest BCUT2D eigenvalue weighted by Gasteiger charge is 2.10. The third-order valence-electron chi connectivity index (χ3n) is 1.63. The number of nitrogens with zero attached hydrogens (tertiary/aromatic N) is 1. The molecule has 0 spiro atoms. The van der Waals surface area contributed by atoms with Gasteiger partial charge in [0, 0.05) is 11.8 Å². The molecule has 1 aromatic heterocycles. The molecule has 0 saturated carbocycles. The number of aliphatic hydroxyl groups excluding tert-OH is 1. The number of carbonyl (C=O) groups is 1. The Balaban J connectivity index is 2.85. The van der Waals surface area contributed by atoms with Gasteiger partial charge in [-0.2, -0.15) is 0 Å². The summed E-state index contributed by atoms with van der Waals surface area (Å²) in [4.78, 5) is 15.2. The molecule has 0 radical (unpaired) electrons. The standard InChI is InChI=1S/C9H11BrN2O3/c1-5(13)9(14)11-6-3-7(10)12-8(4-6)15-2/h3-5,13H,1-2H3,(H,11,12,14)/t5-/m1/s1. The number of aromatic nitrogens is 1. The van der Waals surface area contributed by atoms with Crippen LogP contribution in [0.2, 0.25) is 0 Å². The summed E-state index contributed by atoms with van der Waals surface area (Å²) in [5.74, 6) is -0.0968. The van der Waals surface area contributed by atoms with Crippen molar-refractivity contribution >= 4 is 27.5 Å². The lowest BCUT2D eigenvalue weighted by atomic mass is 10.3. The van der Waals surface area contributed by atoms with Gasteiger partial charge < -0.3 is 15.2 Å². The minimum absolute atomic E-state index is 0.380. The highest BCUT2D eigenvalue weighted by Crippen LogP contribution is 2.20. The average Bonchev–Trinajstić information content (AvgIpc) is 2.16. The largest absolute Gasteiger partial charge is 0.481 e. The molecule has 0 saturated heterocycles. The Bertz CT molecular complexity index is 368. The first-order valence-electron chi connectivity index (χ1n) is 4.23. The first kappa shape index (κ1) is 11.9. The minimum atomic E-state index is -1.05. The number of amides is 1. The second-order valence-electron chi connectivity index (χ2n) is 2.89. The number of methoxy groups -OCH3 is 1. The molecule has 0 bridgehead atoms. The van der Waals surface area contributed by atoms with Crippen LogP contribution in [0.25, 0.3) is 0 Å². The van der Waals surface area contributed by atoms with E-state index in [1.54, 1.807) is 12.1 Å². The maximum absolute atomic E-state index is 11.2. The quantitative estimate of drug-likeness (QED) is 0.812. The minimum Gasteiger partial charge on any atom is -0.481 e. The summed E-state index contributed by atoms with van der Waals surface area (Å²) in [5, 5.41) is 11.5. The second-order valence-corrected chi connectivity index (χ2v) is 3.70. The third kappa shape index (κ3) is 3.49. The number of hydrogen-bond acceptors (Lipinski definition) is 4. The van der Waals surface area contributed by atoms with E-state index in [0.29, 0.717) is 16.2 Å². The first-order valence-corrected chi connectivity index (χ1v) is 5.02. The van der Waals surface area contributed by atoms with Crippen molar-refractivity contribution in [3.8, 4) is 5.88 Å². The summed E-state index contributed by atoms with van der Waals surface area (Å²) in [6, 6.07) is 3.17.